The first-order chi connectivity index (χ1) is 8.99. The Morgan fingerprint density at radius 1 is 1.42 bits per heavy atom. The molecule has 0 saturated carbocycles. The van der Waals surface area contributed by atoms with E-state index in [0.29, 0.717) is 16.9 Å². The Morgan fingerprint density at radius 2 is 2.05 bits per heavy atom. The first kappa shape index (κ1) is 16.4. The molecule has 0 spiro atoms. The van der Waals surface area contributed by atoms with Crippen LogP contribution in [-0.2, 0) is 0 Å². The summed E-state index contributed by atoms with van der Waals surface area (Å²) < 4.78 is 14.2. The Kier molecular flexibility index (Phi) is 6.80. The molecule has 0 bridgehead atoms. The van der Waals surface area contributed by atoms with Gasteiger partial charge in [0, 0.05) is 11.0 Å². The zero-order valence-corrected chi connectivity index (χ0v) is 13.4. The second-order valence-electron chi connectivity index (χ2n) is 4.43. The second kappa shape index (κ2) is 7.85. The van der Waals surface area contributed by atoms with E-state index in [1.165, 1.54) is 12.1 Å². The minimum Gasteiger partial charge on any atom is -0.350 e. The Hall–Kier alpha value is -0.610. The van der Waals surface area contributed by atoms with Crippen molar-refractivity contribution in [2.75, 3.05) is 6.54 Å². The Bertz CT molecular complexity index is 437. The molecule has 0 aromatic heterocycles. The quantitative estimate of drug-likeness (QED) is 0.759. The van der Waals surface area contributed by atoms with Gasteiger partial charge in [-0.05, 0) is 24.1 Å². The lowest BCUT2D eigenvalue weighted by atomic mass is 9.99. The number of halogens is 3. The highest BCUT2D eigenvalue weighted by molar-refractivity contribution is 9.10. The van der Waals surface area contributed by atoms with Gasteiger partial charge < -0.3 is 5.32 Å². The smallest absolute Gasteiger partial charge is 0.254 e. The van der Waals surface area contributed by atoms with Crippen molar-refractivity contribution in [2.45, 2.75) is 32.1 Å². The van der Waals surface area contributed by atoms with Crippen LogP contribution >= 0.6 is 27.5 Å². The number of rotatable bonds is 6. The third kappa shape index (κ3) is 4.77. The SMILES string of the molecule is CCC(CC)C(Cl)CNC(=O)c1cc(Br)ccc1F. The van der Waals surface area contributed by atoms with Crippen molar-refractivity contribution < 1.29 is 9.18 Å². The van der Waals surface area contributed by atoms with Crippen molar-refractivity contribution >= 4 is 33.4 Å². The van der Waals surface area contributed by atoms with E-state index in [9.17, 15) is 9.18 Å². The van der Waals surface area contributed by atoms with Crippen molar-refractivity contribution in [3.05, 3.63) is 34.1 Å². The summed E-state index contributed by atoms with van der Waals surface area (Å²) in [4.78, 5) is 11.9. The minimum atomic E-state index is -0.533. The monoisotopic (exact) mass is 349 g/mol. The number of hydrogen-bond donors (Lipinski definition) is 1. The summed E-state index contributed by atoms with van der Waals surface area (Å²) in [6.45, 7) is 4.48. The lowest BCUT2D eigenvalue weighted by Gasteiger charge is -2.19. The fourth-order valence-electron chi connectivity index (χ4n) is 1.92. The third-order valence-electron chi connectivity index (χ3n) is 3.19. The second-order valence-corrected chi connectivity index (χ2v) is 5.90. The molecule has 5 heteroatoms. The lowest BCUT2D eigenvalue weighted by molar-refractivity contribution is 0.0947. The maximum absolute atomic E-state index is 13.5. The standard InChI is InChI=1S/C14H18BrClFNO/c1-3-9(4-2)12(16)8-18-14(19)11-7-10(15)5-6-13(11)17/h5-7,9,12H,3-4,8H2,1-2H3,(H,18,19). The first-order valence-electron chi connectivity index (χ1n) is 6.36. The number of carbonyl (C=O) groups is 1. The maximum atomic E-state index is 13.5. The predicted molar refractivity (Wildman–Crippen MR) is 80.1 cm³/mol. The molecule has 1 atom stereocenters. The van der Waals surface area contributed by atoms with Crippen molar-refractivity contribution in [2.24, 2.45) is 5.92 Å². The van der Waals surface area contributed by atoms with Gasteiger partial charge in [-0.25, -0.2) is 4.39 Å². The summed E-state index contributed by atoms with van der Waals surface area (Å²) >= 11 is 9.45. The van der Waals surface area contributed by atoms with E-state index in [4.69, 9.17) is 11.6 Å². The van der Waals surface area contributed by atoms with Gasteiger partial charge in [0.25, 0.3) is 5.91 Å². The number of nitrogens with one attached hydrogen (secondary N) is 1. The van der Waals surface area contributed by atoms with E-state index in [2.05, 4.69) is 35.1 Å². The predicted octanol–water partition coefficient (Wildman–Crippen LogP) is 4.36. The molecule has 1 aromatic carbocycles. The number of carbonyl (C=O) groups excluding carboxylic acids is 1. The molecule has 0 aliphatic heterocycles. The van der Waals surface area contributed by atoms with Gasteiger partial charge in [0.1, 0.15) is 5.82 Å². The van der Waals surface area contributed by atoms with Gasteiger partial charge in [-0.3, -0.25) is 4.79 Å². The summed E-state index contributed by atoms with van der Waals surface area (Å²) in [6.07, 6.45) is 1.93. The van der Waals surface area contributed by atoms with Crippen LogP contribution in [0.15, 0.2) is 22.7 Å². The van der Waals surface area contributed by atoms with Gasteiger partial charge >= 0.3 is 0 Å². The van der Waals surface area contributed by atoms with Crippen LogP contribution in [0.5, 0.6) is 0 Å². The topological polar surface area (TPSA) is 29.1 Å². The van der Waals surface area contributed by atoms with Crippen LogP contribution in [0.1, 0.15) is 37.0 Å². The van der Waals surface area contributed by atoms with Gasteiger partial charge in [-0.2, -0.15) is 0 Å². The molecule has 19 heavy (non-hydrogen) atoms. The number of alkyl halides is 1. The van der Waals surface area contributed by atoms with Gasteiger partial charge in [0.2, 0.25) is 0 Å². The molecule has 1 aromatic rings. The molecule has 1 rings (SSSR count). The van der Waals surface area contributed by atoms with Crippen LogP contribution < -0.4 is 5.32 Å². The fourth-order valence-corrected chi connectivity index (χ4v) is 2.72. The van der Waals surface area contributed by atoms with Crippen LogP contribution in [0.2, 0.25) is 0 Å². The highest BCUT2D eigenvalue weighted by atomic mass is 79.9. The third-order valence-corrected chi connectivity index (χ3v) is 4.19. The van der Waals surface area contributed by atoms with Crippen molar-refractivity contribution in [1.29, 1.82) is 0 Å². The van der Waals surface area contributed by atoms with Gasteiger partial charge in [-0.15, -0.1) is 11.6 Å². The molecular formula is C14H18BrClFNO. The van der Waals surface area contributed by atoms with Gasteiger partial charge in [-0.1, -0.05) is 42.6 Å². The molecule has 0 radical (unpaired) electrons. The molecule has 0 aliphatic carbocycles. The molecular weight excluding hydrogens is 333 g/mol. The average molecular weight is 351 g/mol. The first-order valence-corrected chi connectivity index (χ1v) is 7.59. The summed E-state index contributed by atoms with van der Waals surface area (Å²) in [5.41, 5.74) is 0.0304. The largest absolute Gasteiger partial charge is 0.350 e. The molecule has 2 nitrogen and oxygen atoms in total. The number of hydrogen-bond acceptors (Lipinski definition) is 1. The average Bonchev–Trinajstić information content (AvgIpc) is 2.40. The van der Waals surface area contributed by atoms with E-state index in [1.807, 2.05) is 0 Å². The lowest BCUT2D eigenvalue weighted by Crippen LogP contribution is -2.33. The Morgan fingerprint density at radius 3 is 2.63 bits per heavy atom. The minimum absolute atomic E-state index is 0.0304. The molecule has 0 aliphatic rings. The van der Waals surface area contributed by atoms with Crippen molar-refractivity contribution in [3.63, 3.8) is 0 Å². The molecule has 0 saturated heterocycles. The van der Waals surface area contributed by atoms with Crippen LogP contribution in [0.4, 0.5) is 4.39 Å². The number of benzene rings is 1. The molecule has 1 N–H and O–H groups in total. The Balaban J connectivity index is 2.63. The van der Waals surface area contributed by atoms with E-state index >= 15 is 0 Å². The molecule has 0 fully saturated rings. The zero-order valence-electron chi connectivity index (χ0n) is 11.1. The molecule has 1 amide bonds. The maximum Gasteiger partial charge on any atom is 0.254 e. The summed E-state index contributed by atoms with van der Waals surface area (Å²) in [6, 6.07) is 4.28. The molecule has 106 valence electrons. The van der Waals surface area contributed by atoms with E-state index in [1.54, 1.807) is 6.07 Å². The fraction of sp³-hybridized carbons (Fsp3) is 0.500. The normalized spacial score (nSPS) is 12.5. The highest BCUT2D eigenvalue weighted by Gasteiger charge is 2.18. The Labute approximate surface area is 126 Å². The highest BCUT2D eigenvalue weighted by Crippen LogP contribution is 2.19. The summed E-state index contributed by atoms with van der Waals surface area (Å²) in [7, 11) is 0. The van der Waals surface area contributed by atoms with E-state index < -0.39 is 11.7 Å². The van der Waals surface area contributed by atoms with E-state index in [0.717, 1.165) is 12.8 Å². The van der Waals surface area contributed by atoms with Crippen LogP contribution in [0.25, 0.3) is 0 Å². The van der Waals surface area contributed by atoms with Gasteiger partial charge in [0.15, 0.2) is 0 Å². The van der Waals surface area contributed by atoms with E-state index in [-0.39, 0.29) is 10.9 Å². The van der Waals surface area contributed by atoms with Crippen LogP contribution in [-0.4, -0.2) is 17.8 Å². The number of amides is 1. The summed E-state index contributed by atoms with van der Waals surface area (Å²) in [5, 5.41) is 2.55. The van der Waals surface area contributed by atoms with Crippen LogP contribution in [0.3, 0.4) is 0 Å². The van der Waals surface area contributed by atoms with Gasteiger partial charge in [0.05, 0.1) is 10.9 Å². The zero-order chi connectivity index (χ0) is 14.4. The summed E-state index contributed by atoms with van der Waals surface area (Å²) in [5.74, 6) is -0.612. The molecule has 0 heterocycles. The molecule has 1 unspecified atom stereocenters. The van der Waals surface area contributed by atoms with Crippen molar-refractivity contribution in [1.82, 2.24) is 5.32 Å². The van der Waals surface area contributed by atoms with Crippen LogP contribution in [0, 0.1) is 11.7 Å². The van der Waals surface area contributed by atoms with Crippen molar-refractivity contribution in [3.8, 4) is 0 Å².